The third-order valence-electron chi connectivity index (χ3n) is 4.35. The fraction of sp³-hybridized carbons (Fsp3) is 0.294. The van der Waals surface area contributed by atoms with Crippen LogP contribution in [0.5, 0.6) is 0 Å². The molecule has 0 spiro atoms. The lowest BCUT2D eigenvalue weighted by Crippen LogP contribution is -2.25. The zero-order chi connectivity index (χ0) is 16.1. The minimum absolute atomic E-state index is 0.0300. The summed E-state index contributed by atoms with van der Waals surface area (Å²) in [7, 11) is 0. The van der Waals surface area contributed by atoms with Crippen LogP contribution in [0, 0.1) is 0 Å². The lowest BCUT2D eigenvalue weighted by Gasteiger charge is -2.31. The van der Waals surface area contributed by atoms with Gasteiger partial charge in [-0.15, -0.1) is 0 Å². The van der Waals surface area contributed by atoms with Gasteiger partial charge in [0.25, 0.3) is 0 Å². The van der Waals surface area contributed by atoms with Gasteiger partial charge >= 0.3 is 0 Å². The standard InChI is InChI=1S/C17H15BrClN3O/c1-9(11-5-7-13(19)8-6-11)22-10(2)14-15(12-3-4-12)21-23-16(14)17(18)20-22/h5-9,12H,2-4H2,1H3. The van der Waals surface area contributed by atoms with Crippen molar-refractivity contribution in [3.05, 3.63) is 58.4 Å². The number of hydrogen-bond donors (Lipinski definition) is 0. The quantitative estimate of drug-likeness (QED) is 0.711. The second kappa shape index (κ2) is 5.49. The molecule has 4 rings (SSSR count). The van der Waals surface area contributed by atoms with Gasteiger partial charge in [0.15, 0.2) is 4.62 Å². The SMILES string of the molecule is C=C1c2c(C3CC3)noc2C(Br)=NN1C(C)c1ccc(Cl)cc1. The number of hydrogen-bond acceptors (Lipinski definition) is 4. The molecule has 2 aliphatic rings. The zero-order valence-corrected chi connectivity index (χ0v) is 14.9. The molecular weight excluding hydrogens is 378 g/mol. The predicted molar refractivity (Wildman–Crippen MR) is 94.7 cm³/mol. The average molecular weight is 393 g/mol. The fourth-order valence-electron chi connectivity index (χ4n) is 2.88. The van der Waals surface area contributed by atoms with Crippen LogP contribution in [0.1, 0.15) is 54.3 Å². The van der Waals surface area contributed by atoms with Crippen molar-refractivity contribution in [3.8, 4) is 0 Å². The molecule has 2 aromatic rings. The molecular formula is C17H15BrClN3O. The van der Waals surface area contributed by atoms with E-state index in [1.165, 1.54) is 0 Å². The summed E-state index contributed by atoms with van der Waals surface area (Å²) >= 11 is 9.48. The van der Waals surface area contributed by atoms with Crippen LogP contribution in [-0.2, 0) is 0 Å². The van der Waals surface area contributed by atoms with E-state index >= 15 is 0 Å². The fourth-order valence-corrected chi connectivity index (χ4v) is 3.44. The van der Waals surface area contributed by atoms with E-state index in [1.807, 2.05) is 29.3 Å². The highest BCUT2D eigenvalue weighted by Crippen LogP contribution is 2.46. The second-order valence-electron chi connectivity index (χ2n) is 5.96. The van der Waals surface area contributed by atoms with Gasteiger partial charge in [0.05, 0.1) is 23.0 Å². The van der Waals surface area contributed by atoms with Crippen molar-refractivity contribution in [3.63, 3.8) is 0 Å². The summed E-state index contributed by atoms with van der Waals surface area (Å²) in [6.45, 7) is 6.34. The molecule has 1 unspecified atom stereocenters. The molecule has 118 valence electrons. The van der Waals surface area contributed by atoms with E-state index in [0.717, 1.165) is 40.4 Å². The molecule has 1 aliphatic heterocycles. The molecule has 0 bridgehead atoms. The highest BCUT2D eigenvalue weighted by molar-refractivity contribution is 9.18. The first-order valence-corrected chi connectivity index (χ1v) is 8.71. The topological polar surface area (TPSA) is 41.6 Å². The summed E-state index contributed by atoms with van der Waals surface area (Å²) in [5.74, 6) is 1.17. The molecule has 23 heavy (non-hydrogen) atoms. The molecule has 1 aliphatic carbocycles. The van der Waals surface area contributed by atoms with Crippen molar-refractivity contribution in [1.29, 1.82) is 0 Å². The van der Waals surface area contributed by atoms with Gasteiger partial charge in [-0.2, -0.15) is 5.10 Å². The third kappa shape index (κ3) is 2.52. The Morgan fingerprint density at radius 3 is 2.70 bits per heavy atom. The van der Waals surface area contributed by atoms with Crippen LogP contribution in [0.2, 0.25) is 5.02 Å². The monoisotopic (exact) mass is 391 g/mol. The highest BCUT2D eigenvalue weighted by atomic mass is 79.9. The van der Waals surface area contributed by atoms with Crippen molar-refractivity contribution in [2.24, 2.45) is 5.10 Å². The summed E-state index contributed by atoms with van der Waals surface area (Å²) < 4.78 is 6.14. The summed E-state index contributed by atoms with van der Waals surface area (Å²) in [5.41, 5.74) is 3.93. The normalized spacial score (nSPS) is 18.7. The molecule has 0 saturated heterocycles. The average Bonchev–Trinajstić information content (AvgIpc) is 3.29. The number of hydrazone groups is 1. The van der Waals surface area contributed by atoms with Crippen LogP contribution >= 0.6 is 27.5 Å². The maximum atomic E-state index is 5.98. The largest absolute Gasteiger partial charge is 0.353 e. The Balaban J connectivity index is 1.72. The Kier molecular flexibility index (Phi) is 3.58. The van der Waals surface area contributed by atoms with Crippen LogP contribution in [0.3, 0.4) is 0 Å². The Bertz CT molecular complexity index is 808. The van der Waals surface area contributed by atoms with Crippen molar-refractivity contribution < 1.29 is 4.52 Å². The molecule has 2 heterocycles. The lowest BCUT2D eigenvalue weighted by molar-refractivity contribution is 0.329. The van der Waals surface area contributed by atoms with Gasteiger partial charge in [0.2, 0.25) is 5.76 Å². The van der Waals surface area contributed by atoms with Crippen molar-refractivity contribution in [1.82, 2.24) is 10.2 Å². The number of halogens is 2. The maximum Gasteiger partial charge on any atom is 0.203 e. The number of aromatic nitrogens is 1. The van der Waals surface area contributed by atoms with E-state index in [1.54, 1.807) is 0 Å². The van der Waals surface area contributed by atoms with Crippen molar-refractivity contribution in [2.75, 3.05) is 0 Å². The summed E-state index contributed by atoms with van der Waals surface area (Å²) in [6, 6.07) is 7.82. The van der Waals surface area contributed by atoms with Gasteiger partial charge in [0.1, 0.15) is 0 Å². The van der Waals surface area contributed by atoms with E-state index in [-0.39, 0.29) is 6.04 Å². The minimum Gasteiger partial charge on any atom is -0.353 e. The van der Waals surface area contributed by atoms with Crippen LogP contribution in [-0.4, -0.2) is 14.8 Å². The molecule has 0 radical (unpaired) electrons. The first-order valence-electron chi connectivity index (χ1n) is 7.54. The van der Waals surface area contributed by atoms with Gasteiger partial charge in [-0.3, -0.25) is 5.01 Å². The van der Waals surface area contributed by atoms with Gasteiger partial charge in [-0.25, -0.2) is 0 Å². The highest BCUT2D eigenvalue weighted by Gasteiger charge is 2.37. The second-order valence-corrected chi connectivity index (χ2v) is 7.14. The van der Waals surface area contributed by atoms with E-state index in [9.17, 15) is 0 Å². The molecule has 1 saturated carbocycles. The van der Waals surface area contributed by atoms with Crippen molar-refractivity contribution >= 4 is 37.8 Å². The first-order chi connectivity index (χ1) is 11.1. The summed E-state index contributed by atoms with van der Waals surface area (Å²) in [5, 5.41) is 11.5. The van der Waals surface area contributed by atoms with E-state index in [2.05, 4.69) is 39.7 Å². The van der Waals surface area contributed by atoms with E-state index < -0.39 is 0 Å². The van der Waals surface area contributed by atoms with Crippen molar-refractivity contribution in [2.45, 2.75) is 31.7 Å². The van der Waals surface area contributed by atoms with Gasteiger partial charge < -0.3 is 4.52 Å². The summed E-state index contributed by atoms with van der Waals surface area (Å²) in [4.78, 5) is 0. The zero-order valence-electron chi connectivity index (χ0n) is 12.6. The van der Waals surface area contributed by atoms with Crippen LogP contribution in [0.4, 0.5) is 0 Å². The van der Waals surface area contributed by atoms with Gasteiger partial charge in [-0.1, -0.05) is 35.5 Å². The molecule has 1 fully saturated rings. The molecule has 0 N–H and O–H groups in total. The number of benzene rings is 1. The minimum atomic E-state index is 0.0300. The molecule has 1 atom stereocenters. The Hall–Kier alpha value is -1.59. The number of rotatable bonds is 3. The molecule has 4 nitrogen and oxygen atoms in total. The Labute approximate surface area is 147 Å². The van der Waals surface area contributed by atoms with Gasteiger partial charge in [-0.05, 0) is 53.4 Å². The van der Waals surface area contributed by atoms with Crippen LogP contribution in [0.25, 0.3) is 5.70 Å². The third-order valence-corrected chi connectivity index (χ3v) is 5.12. The number of nitrogens with zero attached hydrogens (tertiary/aromatic N) is 3. The summed E-state index contributed by atoms with van der Waals surface area (Å²) in [6.07, 6.45) is 2.32. The number of fused-ring (bicyclic) bond motifs is 1. The predicted octanol–water partition coefficient (Wildman–Crippen LogP) is 5.31. The smallest absolute Gasteiger partial charge is 0.203 e. The van der Waals surface area contributed by atoms with E-state index in [4.69, 9.17) is 16.1 Å². The van der Waals surface area contributed by atoms with Gasteiger partial charge in [0, 0.05) is 10.9 Å². The van der Waals surface area contributed by atoms with Crippen LogP contribution < -0.4 is 0 Å². The molecule has 6 heteroatoms. The molecule has 1 aromatic heterocycles. The molecule has 0 amide bonds. The Morgan fingerprint density at radius 2 is 2.04 bits per heavy atom. The van der Waals surface area contributed by atoms with E-state index in [0.29, 0.717) is 16.3 Å². The first kappa shape index (κ1) is 15.0. The maximum absolute atomic E-state index is 5.98. The van der Waals surface area contributed by atoms with Crippen LogP contribution in [0.15, 0.2) is 40.5 Å². The lowest BCUT2D eigenvalue weighted by atomic mass is 10.0. The molecule has 1 aromatic carbocycles. The Morgan fingerprint density at radius 1 is 1.35 bits per heavy atom.